The van der Waals surface area contributed by atoms with Crippen molar-refractivity contribution < 1.29 is 9.90 Å². The maximum absolute atomic E-state index is 12.1. The number of benzene rings is 1. The van der Waals surface area contributed by atoms with Gasteiger partial charge < -0.3 is 10.0 Å². The summed E-state index contributed by atoms with van der Waals surface area (Å²) >= 11 is 0. The third-order valence-electron chi connectivity index (χ3n) is 3.22. The first kappa shape index (κ1) is 12.1. The number of fused-ring (bicyclic) bond motifs is 1. The van der Waals surface area contributed by atoms with Crippen LogP contribution in [0.1, 0.15) is 37.5 Å². The van der Waals surface area contributed by atoms with E-state index < -0.39 is 6.10 Å². The first-order valence-corrected chi connectivity index (χ1v) is 6.10. The lowest BCUT2D eigenvalue weighted by Crippen LogP contribution is -2.39. The van der Waals surface area contributed by atoms with Crippen LogP contribution >= 0.6 is 0 Å². The van der Waals surface area contributed by atoms with Crippen LogP contribution < -0.4 is 4.90 Å². The number of hydrogen-bond donors (Lipinski definition) is 1. The highest BCUT2D eigenvalue weighted by atomic mass is 16.3. The molecular weight excluding hydrogens is 214 g/mol. The third-order valence-corrected chi connectivity index (χ3v) is 3.22. The van der Waals surface area contributed by atoms with Gasteiger partial charge in [0.2, 0.25) is 5.91 Å². The highest BCUT2D eigenvalue weighted by molar-refractivity contribution is 5.95. The Labute approximate surface area is 102 Å². The van der Waals surface area contributed by atoms with Crippen LogP contribution in [0.15, 0.2) is 18.2 Å². The molecule has 0 spiro atoms. The second kappa shape index (κ2) is 4.49. The van der Waals surface area contributed by atoms with Crippen LogP contribution in [0.4, 0.5) is 5.69 Å². The van der Waals surface area contributed by atoms with Gasteiger partial charge in [-0.25, -0.2) is 0 Å². The Morgan fingerprint density at radius 1 is 1.47 bits per heavy atom. The fraction of sp³-hybridized carbons (Fsp3) is 0.500. The molecule has 0 fully saturated rings. The molecule has 17 heavy (non-hydrogen) atoms. The van der Waals surface area contributed by atoms with E-state index in [1.165, 1.54) is 0 Å². The number of nitrogens with zero attached hydrogens (tertiary/aromatic N) is 1. The van der Waals surface area contributed by atoms with Crippen molar-refractivity contribution in [3.05, 3.63) is 29.3 Å². The molecule has 1 aliphatic rings. The lowest BCUT2D eigenvalue weighted by atomic mass is 9.96. The zero-order valence-corrected chi connectivity index (χ0v) is 10.6. The van der Waals surface area contributed by atoms with Crippen LogP contribution in [0, 0.1) is 12.8 Å². The topological polar surface area (TPSA) is 40.5 Å². The monoisotopic (exact) mass is 233 g/mol. The first-order valence-electron chi connectivity index (χ1n) is 6.10. The first-order chi connectivity index (χ1) is 8.00. The van der Waals surface area contributed by atoms with E-state index in [9.17, 15) is 9.90 Å². The molecule has 1 aromatic rings. The summed E-state index contributed by atoms with van der Waals surface area (Å²) < 4.78 is 0. The number of anilines is 1. The second-order valence-electron chi connectivity index (χ2n) is 5.01. The summed E-state index contributed by atoms with van der Waals surface area (Å²) in [6, 6.07) is 5.89. The number of rotatable bonds is 1. The highest BCUT2D eigenvalue weighted by Gasteiger charge is 2.28. The van der Waals surface area contributed by atoms with Gasteiger partial charge >= 0.3 is 0 Å². The minimum Gasteiger partial charge on any atom is -0.388 e. The van der Waals surface area contributed by atoms with E-state index in [-0.39, 0.29) is 11.8 Å². The van der Waals surface area contributed by atoms with Crippen molar-refractivity contribution in [2.75, 3.05) is 11.4 Å². The summed E-state index contributed by atoms with van der Waals surface area (Å²) in [5.41, 5.74) is 2.86. The molecule has 1 aromatic carbocycles. The molecule has 1 N–H and O–H groups in total. The third kappa shape index (κ3) is 2.20. The summed E-state index contributed by atoms with van der Waals surface area (Å²) in [4.78, 5) is 13.9. The molecule has 1 heterocycles. The molecule has 0 radical (unpaired) electrons. The Bertz CT molecular complexity index is 440. The number of aliphatic hydroxyl groups is 1. The summed E-state index contributed by atoms with van der Waals surface area (Å²) in [6.45, 7) is 6.41. The molecule has 0 aliphatic carbocycles. The summed E-state index contributed by atoms with van der Waals surface area (Å²) in [6.07, 6.45) is 0.177. The van der Waals surface area contributed by atoms with E-state index in [1.54, 1.807) is 4.90 Å². The predicted molar refractivity (Wildman–Crippen MR) is 67.9 cm³/mol. The van der Waals surface area contributed by atoms with Crippen molar-refractivity contribution in [1.29, 1.82) is 0 Å². The van der Waals surface area contributed by atoms with Gasteiger partial charge in [-0.05, 0) is 19.4 Å². The molecule has 1 unspecified atom stereocenters. The van der Waals surface area contributed by atoms with Crippen molar-refractivity contribution >= 4 is 11.6 Å². The lowest BCUT2D eigenvalue weighted by Gasteiger charge is -2.33. The fourth-order valence-electron chi connectivity index (χ4n) is 2.25. The average Bonchev–Trinajstić information content (AvgIpc) is 2.29. The van der Waals surface area contributed by atoms with Gasteiger partial charge in [-0.15, -0.1) is 0 Å². The smallest absolute Gasteiger partial charge is 0.229 e. The molecule has 0 saturated heterocycles. The van der Waals surface area contributed by atoms with Gasteiger partial charge in [0, 0.05) is 23.7 Å². The SMILES string of the molecule is Cc1ccc2c(c1)C(O)CCN2C(=O)C(C)C. The van der Waals surface area contributed by atoms with Crippen LogP contribution in [0.5, 0.6) is 0 Å². The van der Waals surface area contributed by atoms with E-state index in [2.05, 4.69) is 0 Å². The van der Waals surface area contributed by atoms with E-state index in [4.69, 9.17) is 0 Å². The molecule has 1 aliphatic heterocycles. The van der Waals surface area contributed by atoms with Crippen LogP contribution in [0.3, 0.4) is 0 Å². The summed E-state index contributed by atoms with van der Waals surface area (Å²) in [7, 11) is 0. The molecule has 2 rings (SSSR count). The molecular formula is C14H19NO2. The normalized spacial score (nSPS) is 19.4. The molecule has 0 aromatic heterocycles. The van der Waals surface area contributed by atoms with Gasteiger partial charge in [-0.1, -0.05) is 31.5 Å². The molecule has 0 saturated carbocycles. The average molecular weight is 233 g/mol. The van der Waals surface area contributed by atoms with E-state index in [0.29, 0.717) is 13.0 Å². The molecule has 1 atom stereocenters. The van der Waals surface area contributed by atoms with Crippen LogP contribution in [-0.2, 0) is 4.79 Å². The fourth-order valence-corrected chi connectivity index (χ4v) is 2.25. The van der Waals surface area contributed by atoms with Gasteiger partial charge in [-0.3, -0.25) is 4.79 Å². The number of amides is 1. The quantitative estimate of drug-likeness (QED) is 0.809. The Morgan fingerprint density at radius 2 is 2.18 bits per heavy atom. The Balaban J connectivity index is 2.42. The predicted octanol–water partition coefficient (Wildman–Crippen LogP) is 2.42. The molecule has 3 heteroatoms. The van der Waals surface area contributed by atoms with Crippen molar-refractivity contribution in [2.45, 2.75) is 33.3 Å². The molecule has 3 nitrogen and oxygen atoms in total. The maximum Gasteiger partial charge on any atom is 0.229 e. The molecule has 0 bridgehead atoms. The van der Waals surface area contributed by atoms with Crippen LogP contribution in [0.2, 0.25) is 0 Å². The molecule has 1 amide bonds. The standard InChI is InChI=1S/C14H19NO2/c1-9(2)14(17)15-7-6-13(16)11-8-10(3)4-5-12(11)15/h4-5,8-9,13,16H,6-7H2,1-3H3. The Hall–Kier alpha value is -1.35. The van der Waals surface area contributed by atoms with Crippen molar-refractivity contribution in [1.82, 2.24) is 0 Å². The van der Waals surface area contributed by atoms with Crippen molar-refractivity contribution in [3.63, 3.8) is 0 Å². The zero-order valence-electron chi connectivity index (χ0n) is 10.6. The maximum atomic E-state index is 12.1. The number of aryl methyl sites for hydroxylation is 1. The Kier molecular flexibility index (Phi) is 3.20. The summed E-state index contributed by atoms with van der Waals surface area (Å²) in [5, 5.41) is 9.99. The van der Waals surface area contributed by atoms with Gasteiger partial charge in [0.05, 0.1) is 6.10 Å². The van der Waals surface area contributed by atoms with Crippen molar-refractivity contribution in [3.8, 4) is 0 Å². The van der Waals surface area contributed by atoms with Crippen LogP contribution in [-0.4, -0.2) is 17.6 Å². The largest absolute Gasteiger partial charge is 0.388 e. The van der Waals surface area contributed by atoms with Gasteiger partial charge in [0.1, 0.15) is 0 Å². The number of carbonyl (C=O) groups excluding carboxylic acids is 1. The molecule has 92 valence electrons. The lowest BCUT2D eigenvalue weighted by molar-refractivity contribution is -0.121. The number of aliphatic hydroxyl groups excluding tert-OH is 1. The minimum atomic E-state index is -0.443. The number of carbonyl (C=O) groups is 1. The van der Waals surface area contributed by atoms with E-state index >= 15 is 0 Å². The summed E-state index contributed by atoms with van der Waals surface area (Å²) in [5.74, 6) is 0.112. The van der Waals surface area contributed by atoms with Gasteiger partial charge in [-0.2, -0.15) is 0 Å². The van der Waals surface area contributed by atoms with Crippen molar-refractivity contribution in [2.24, 2.45) is 5.92 Å². The second-order valence-corrected chi connectivity index (χ2v) is 5.01. The highest BCUT2D eigenvalue weighted by Crippen LogP contribution is 2.35. The van der Waals surface area contributed by atoms with E-state index in [1.807, 2.05) is 39.0 Å². The van der Waals surface area contributed by atoms with E-state index in [0.717, 1.165) is 16.8 Å². The number of hydrogen-bond acceptors (Lipinski definition) is 2. The van der Waals surface area contributed by atoms with Gasteiger partial charge in [0.25, 0.3) is 0 Å². The van der Waals surface area contributed by atoms with Crippen LogP contribution in [0.25, 0.3) is 0 Å². The Morgan fingerprint density at radius 3 is 2.82 bits per heavy atom. The zero-order chi connectivity index (χ0) is 12.6. The van der Waals surface area contributed by atoms with Gasteiger partial charge in [0.15, 0.2) is 0 Å². The minimum absolute atomic E-state index is 0.0144.